The van der Waals surface area contributed by atoms with E-state index in [0.717, 1.165) is 17.7 Å². The number of halogens is 4. The van der Waals surface area contributed by atoms with Crippen LogP contribution in [0.3, 0.4) is 0 Å². The highest BCUT2D eigenvalue weighted by Crippen LogP contribution is 2.34. The van der Waals surface area contributed by atoms with Gasteiger partial charge in [-0.05, 0) is 49.5 Å². The first-order valence-corrected chi connectivity index (χ1v) is 11.8. The van der Waals surface area contributed by atoms with Crippen molar-refractivity contribution in [2.24, 2.45) is 4.99 Å². The van der Waals surface area contributed by atoms with Crippen molar-refractivity contribution in [1.82, 2.24) is 5.32 Å². The van der Waals surface area contributed by atoms with E-state index in [4.69, 9.17) is 33.5 Å². The molecule has 0 aliphatic carbocycles. The molecular weight excluding hydrogens is 525 g/mol. The Kier molecular flexibility index (Phi) is 7.42. The SMILES string of the molecule is COc1cc(NC(=S)NC2N=C(c3ccccc3Cl)c3cc(C)ccc3N(C)C2=O)cc(C(F)(F)F)c1. The lowest BCUT2D eigenvalue weighted by Crippen LogP contribution is -2.47. The number of carbonyl (C=O) groups excluding carboxylic acids is 1. The predicted molar refractivity (Wildman–Crippen MR) is 143 cm³/mol. The van der Waals surface area contributed by atoms with Crippen molar-refractivity contribution in [2.75, 3.05) is 24.4 Å². The van der Waals surface area contributed by atoms with E-state index in [1.807, 2.05) is 31.2 Å². The number of aryl methyl sites for hydroxylation is 1. The largest absolute Gasteiger partial charge is 0.497 e. The third kappa shape index (κ3) is 5.70. The number of nitrogens with one attached hydrogen (secondary N) is 2. The van der Waals surface area contributed by atoms with Gasteiger partial charge in [0, 0.05) is 35.0 Å². The molecule has 0 fully saturated rings. The van der Waals surface area contributed by atoms with E-state index in [1.165, 1.54) is 18.1 Å². The molecule has 0 radical (unpaired) electrons. The van der Waals surface area contributed by atoms with E-state index < -0.39 is 23.8 Å². The molecule has 0 saturated heterocycles. The second kappa shape index (κ2) is 10.4. The minimum Gasteiger partial charge on any atom is -0.497 e. The number of rotatable bonds is 4. The van der Waals surface area contributed by atoms with Crippen LogP contribution in [0.2, 0.25) is 5.02 Å². The van der Waals surface area contributed by atoms with E-state index in [9.17, 15) is 18.0 Å². The summed E-state index contributed by atoms with van der Waals surface area (Å²) in [7, 11) is 2.88. The molecule has 3 aromatic carbocycles. The van der Waals surface area contributed by atoms with Crippen LogP contribution in [-0.4, -0.2) is 37.1 Å². The predicted octanol–water partition coefficient (Wildman–Crippen LogP) is 5.80. The van der Waals surface area contributed by atoms with E-state index in [-0.39, 0.29) is 16.5 Å². The first-order valence-electron chi connectivity index (χ1n) is 11.0. The first kappa shape index (κ1) is 26.4. The molecule has 11 heteroatoms. The molecule has 1 aliphatic rings. The summed E-state index contributed by atoms with van der Waals surface area (Å²) in [6.07, 6.45) is -5.77. The number of benzodiazepines with no additional fused rings is 1. The number of fused-ring (bicyclic) bond motifs is 1. The fourth-order valence-corrected chi connectivity index (χ4v) is 4.35. The summed E-state index contributed by atoms with van der Waals surface area (Å²) >= 11 is 11.8. The quantitative estimate of drug-likeness (QED) is 0.405. The van der Waals surface area contributed by atoms with Gasteiger partial charge in [-0.1, -0.05) is 41.4 Å². The van der Waals surface area contributed by atoms with Crippen LogP contribution < -0.4 is 20.3 Å². The van der Waals surface area contributed by atoms with Crippen LogP contribution in [0.4, 0.5) is 24.5 Å². The van der Waals surface area contributed by atoms with Gasteiger partial charge >= 0.3 is 6.18 Å². The first-order chi connectivity index (χ1) is 17.5. The number of hydrogen-bond acceptors (Lipinski definition) is 4. The van der Waals surface area contributed by atoms with Gasteiger partial charge < -0.3 is 20.3 Å². The molecule has 4 rings (SSSR count). The van der Waals surface area contributed by atoms with E-state index in [0.29, 0.717) is 27.5 Å². The summed E-state index contributed by atoms with van der Waals surface area (Å²) in [6, 6.07) is 15.9. The van der Waals surface area contributed by atoms with Crippen molar-refractivity contribution in [3.8, 4) is 5.75 Å². The zero-order valence-corrected chi connectivity index (χ0v) is 21.6. The fourth-order valence-electron chi connectivity index (χ4n) is 3.89. The second-order valence-corrected chi connectivity index (χ2v) is 9.14. The average Bonchev–Trinajstić information content (AvgIpc) is 2.94. The lowest BCUT2D eigenvalue weighted by Gasteiger charge is -2.22. The lowest BCUT2D eigenvalue weighted by molar-refractivity contribution is -0.137. The highest BCUT2D eigenvalue weighted by molar-refractivity contribution is 7.80. The van der Waals surface area contributed by atoms with Crippen LogP contribution in [-0.2, 0) is 11.0 Å². The normalized spacial score (nSPS) is 15.4. The number of aliphatic imine (C=N–C) groups is 1. The van der Waals surface area contributed by atoms with E-state index in [2.05, 4.69) is 10.6 Å². The Balaban J connectivity index is 1.71. The Morgan fingerprint density at radius 1 is 1.11 bits per heavy atom. The van der Waals surface area contributed by atoms with Crippen molar-refractivity contribution in [3.05, 3.63) is 87.9 Å². The Morgan fingerprint density at radius 3 is 2.51 bits per heavy atom. The van der Waals surface area contributed by atoms with Gasteiger partial charge in [0.05, 0.1) is 24.1 Å². The summed E-state index contributed by atoms with van der Waals surface area (Å²) in [6.45, 7) is 1.93. The number of benzene rings is 3. The minimum atomic E-state index is -4.59. The molecule has 0 bridgehead atoms. The van der Waals surface area contributed by atoms with Crippen molar-refractivity contribution in [1.29, 1.82) is 0 Å². The Labute approximate surface area is 222 Å². The van der Waals surface area contributed by atoms with Gasteiger partial charge in [0.25, 0.3) is 5.91 Å². The average molecular weight is 547 g/mol. The minimum absolute atomic E-state index is 0.00440. The third-order valence-corrected chi connectivity index (χ3v) is 6.26. The molecule has 0 spiro atoms. The summed E-state index contributed by atoms with van der Waals surface area (Å²) in [5, 5.41) is 5.88. The van der Waals surface area contributed by atoms with Gasteiger partial charge in [-0.3, -0.25) is 4.79 Å². The summed E-state index contributed by atoms with van der Waals surface area (Å²) in [4.78, 5) is 19.5. The number of thiocarbonyl (C=S) groups is 1. The molecule has 1 heterocycles. The second-order valence-electron chi connectivity index (χ2n) is 8.32. The van der Waals surface area contributed by atoms with Gasteiger partial charge in [0.1, 0.15) is 5.75 Å². The van der Waals surface area contributed by atoms with E-state index >= 15 is 0 Å². The number of likely N-dealkylation sites (N-methyl/N-ethyl adjacent to an activating group) is 1. The monoisotopic (exact) mass is 546 g/mol. The van der Waals surface area contributed by atoms with Gasteiger partial charge in [-0.2, -0.15) is 13.2 Å². The summed E-state index contributed by atoms with van der Waals surface area (Å²) in [5.41, 5.74) is 2.51. The van der Waals surface area contributed by atoms with Crippen molar-refractivity contribution in [3.63, 3.8) is 0 Å². The number of anilines is 2. The molecule has 0 saturated carbocycles. The van der Waals surface area contributed by atoms with Crippen LogP contribution in [0.15, 0.2) is 65.7 Å². The molecule has 3 aromatic rings. The molecule has 2 N–H and O–H groups in total. The standard InChI is InChI=1S/C26H22ClF3N4O2S/c1-14-8-9-21-19(10-14)22(18-6-4-5-7-20(18)27)32-23(24(35)34(21)2)33-25(37)31-16-11-15(26(28,29)30)12-17(13-16)36-3/h4-13,23H,1-3H3,(H2,31,33,37). The number of nitrogens with zero attached hydrogens (tertiary/aromatic N) is 2. The Morgan fingerprint density at radius 2 is 1.84 bits per heavy atom. The van der Waals surface area contributed by atoms with Crippen molar-refractivity contribution in [2.45, 2.75) is 19.3 Å². The van der Waals surface area contributed by atoms with Gasteiger partial charge in [-0.15, -0.1) is 0 Å². The molecule has 0 aromatic heterocycles. The van der Waals surface area contributed by atoms with Crippen LogP contribution in [0.5, 0.6) is 5.75 Å². The fraction of sp³-hybridized carbons (Fsp3) is 0.192. The van der Waals surface area contributed by atoms with Crippen molar-refractivity contribution < 1.29 is 22.7 Å². The molecule has 1 aliphatic heterocycles. The topological polar surface area (TPSA) is 66.0 Å². The van der Waals surface area contributed by atoms with Gasteiger partial charge in [0.15, 0.2) is 5.11 Å². The number of amides is 1. The number of carbonyl (C=O) groups is 1. The maximum Gasteiger partial charge on any atom is 0.416 e. The smallest absolute Gasteiger partial charge is 0.416 e. The maximum atomic E-state index is 13.4. The zero-order valence-electron chi connectivity index (χ0n) is 20.0. The van der Waals surface area contributed by atoms with Crippen LogP contribution >= 0.6 is 23.8 Å². The summed E-state index contributed by atoms with van der Waals surface area (Å²) < 4.78 is 44.9. The molecule has 1 unspecified atom stereocenters. The third-order valence-electron chi connectivity index (χ3n) is 5.72. The lowest BCUT2D eigenvalue weighted by atomic mass is 9.98. The molecule has 1 atom stereocenters. The number of alkyl halides is 3. The summed E-state index contributed by atoms with van der Waals surface area (Å²) in [5.74, 6) is -0.423. The molecule has 6 nitrogen and oxygen atoms in total. The Bertz CT molecular complexity index is 1410. The number of hydrogen-bond donors (Lipinski definition) is 2. The highest BCUT2D eigenvalue weighted by atomic mass is 35.5. The molecule has 1 amide bonds. The zero-order chi connectivity index (χ0) is 26.9. The molecule has 37 heavy (non-hydrogen) atoms. The molecule has 192 valence electrons. The Hall–Kier alpha value is -3.63. The van der Waals surface area contributed by atoms with Gasteiger partial charge in [0.2, 0.25) is 6.17 Å². The van der Waals surface area contributed by atoms with Crippen LogP contribution in [0.25, 0.3) is 0 Å². The number of methoxy groups -OCH3 is 1. The highest BCUT2D eigenvalue weighted by Gasteiger charge is 2.33. The molecular formula is C26H22ClF3N4O2S. The maximum absolute atomic E-state index is 13.4. The van der Waals surface area contributed by atoms with Crippen LogP contribution in [0, 0.1) is 6.92 Å². The van der Waals surface area contributed by atoms with Crippen molar-refractivity contribution >= 4 is 51.9 Å². The number of ether oxygens (including phenoxy) is 1. The van der Waals surface area contributed by atoms with Crippen LogP contribution in [0.1, 0.15) is 22.3 Å². The van der Waals surface area contributed by atoms with Gasteiger partial charge in [-0.25, -0.2) is 4.99 Å². The van der Waals surface area contributed by atoms with E-state index in [1.54, 1.807) is 25.2 Å².